The number of halogens is 1. The molecule has 1 amide bonds. The molecule has 45 heavy (non-hydrogen) atoms. The molecule has 0 heterocycles. The zero-order valence-corrected chi connectivity index (χ0v) is 27.0. The molecular weight excluding hydrogens is 684 g/mol. The standard InChI is InChI=1S/C32H25BrN2O8S2/c1-42-32(37)26-16-22-15-23(33)12-11-21(22)17-29(26)43-28-14-13-24(44(2,38)39)18-27(28)35-31(36)20-9-7-19(8-10-20)25-5-3-4-6-30(25)45(34,40)41/h3-18H,1-2H3,(H,35,36)(H2,34,40,41). The second-order valence-electron chi connectivity index (χ2n) is 9.94. The van der Waals surface area contributed by atoms with E-state index in [1.165, 1.54) is 43.5 Å². The van der Waals surface area contributed by atoms with Crippen LogP contribution in [-0.2, 0) is 24.6 Å². The summed E-state index contributed by atoms with van der Waals surface area (Å²) in [5.41, 5.74) is 1.21. The van der Waals surface area contributed by atoms with Crippen molar-refractivity contribution in [3.05, 3.63) is 113 Å². The van der Waals surface area contributed by atoms with Crippen LogP contribution >= 0.6 is 15.9 Å². The molecule has 5 aromatic carbocycles. The average Bonchev–Trinajstić information content (AvgIpc) is 3.00. The molecule has 0 fully saturated rings. The topological polar surface area (TPSA) is 159 Å². The van der Waals surface area contributed by atoms with E-state index in [0.29, 0.717) is 11.1 Å². The lowest BCUT2D eigenvalue weighted by Crippen LogP contribution is -2.14. The Morgan fingerprint density at radius 3 is 2.18 bits per heavy atom. The summed E-state index contributed by atoms with van der Waals surface area (Å²) < 4.78 is 60.7. The van der Waals surface area contributed by atoms with Gasteiger partial charge in [-0.05, 0) is 77.0 Å². The molecule has 0 radical (unpaired) electrons. The number of carbonyl (C=O) groups is 2. The number of sulfone groups is 1. The maximum absolute atomic E-state index is 13.4. The molecule has 0 aromatic heterocycles. The van der Waals surface area contributed by atoms with Gasteiger partial charge in [-0.3, -0.25) is 4.79 Å². The summed E-state index contributed by atoms with van der Waals surface area (Å²) in [5, 5.41) is 9.56. The number of ether oxygens (including phenoxy) is 2. The third kappa shape index (κ3) is 7.07. The van der Waals surface area contributed by atoms with E-state index in [4.69, 9.17) is 14.6 Å². The molecule has 0 saturated heterocycles. The number of nitrogens with one attached hydrogen (secondary N) is 1. The van der Waals surface area contributed by atoms with Gasteiger partial charge in [-0.15, -0.1) is 0 Å². The lowest BCUT2D eigenvalue weighted by Gasteiger charge is -2.16. The lowest BCUT2D eigenvalue weighted by atomic mass is 10.0. The molecule has 0 aliphatic rings. The minimum absolute atomic E-state index is 0.0262. The summed E-state index contributed by atoms with van der Waals surface area (Å²) in [5.74, 6) is -1.07. The summed E-state index contributed by atoms with van der Waals surface area (Å²) in [6.45, 7) is 0. The van der Waals surface area contributed by atoms with Crippen LogP contribution < -0.4 is 15.2 Å². The number of amides is 1. The van der Waals surface area contributed by atoms with Gasteiger partial charge in [0.25, 0.3) is 5.91 Å². The van der Waals surface area contributed by atoms with E-state index in [9.17, 15) is 26.4 Å². The number of fused-ring (bicyclic) bond motifs is 1. The van der Waals surface area contributed by atoms with Crippen molar-refractivity contribution in [3.8, 4) is 22.6 Å². The molecule has 0 atom stereocenters. The number of carbonyl (C=O) groups excluding carboxylic acids is 2. The summed E-state index contributed by atoms with van der Waals surface area (Å²) in [7, 11) is -6.43. The Labute approximate surface area is 267 Å². The smallest absolute Gasteiger partial charge is 0.341 e. The van der Waals surface area contributed by atoms with Crippen LogP contribution in [0.1, 0.15) is 20.7 Å². The molecule has 3 N–H and O–H groups in total. The number of hydrogen-bond acceptors (Lipinski definition) is 8. The van der Waals surface area contributed by atoms with Crippen LogP contribution in [0.5, 0.6) is 11.5 Å². The SMILES string of the molecule is COC(=O)c1cc2cc(Br)ccc2cc1Oc1ccc(S(C)(=O)=O)cc1NC(=O)c1ccc(-c2ccccc2S(N)(=O)=O)cc1. The van der Waals surface area contributed by atoms with Gasteiger partial charge in [-0.1, -0.05) is 52.3 Å². The average molecular weight is 710 g/mol. The van der Waals surface area contributed by atoms with Crippen molar-refractivity contribution in [1.82, 2.24) is 0 Å². The van der Waals surface area contributed by atoms with E-state index in [0.717, 1.165) is 21.5 Å². The highest BCUT2D eigenvalue weighted by Gasteiger charge is 2.21. The van der Waals surface area contributed by atoms with Crippen molar-refractivity contribution in [2.24, 2.45) is 5.14 Å². The Kier molecular flexibility index (Phi) is 8.81. The number of methoxy groups -OCH3 is 1. The van der Waals surface area contributed by atoms with Crippen molar-refractivity contribution in [3.63, 3.8) is 0 Å². The second-order valence-corrected chi connectivity index (χ2v) is 14.4. The molecule has 0 aliphatic heterocycles. The van der Waals surface area contributed by atoms with Gasteiger partial charge in [0.05, 0.1) is 22.6 Å². The molecule has 13 heteroatoms. The van der Waals surface area contributed by atoms with Crippen molar-refractivity contribution in [2.45, 2.75) is 9.79 Å². The van der Waals surface area contributed by atoms with Gasteiger partial charge in [-0.25, -0.2) is 26.8 Å². The molecular formula is C32H25BrN2O8S2. The summed E-state index contributed by atoms with van der Waals surface area (Å²) in [4.78, 5) is 25.9. The summed E-state index contributed by atoms with van der Waals surface area (Å²) >= 11 is 3.42. The first kappa shape index (κ1) is 31.9. The van der Waals surface area contributed by atoms with Gasteiger partial charge >= 0.3 is 5.97 Å². The number of sulfonamides is 1. The Bertz CT molecular complexity index is 2200. The number of nitrogens with two attached hydrogens (primary N) is 1. The Hall–Kier alpha value is -4.56. The molecule has 5 aromatic rings. The second kappa shape index (κ2) is 12.4. The number of rotatable bonds is 8. The van der Waals surface area contributed by atoms with E-state index in [1.807, 2.05) is 18.2 Å². The summed E-state index contributed by atoms with van der Waals surface area (Å²) in [6, 6.07) is 25.0. The Morgan fingerprint density at radius 2 is 1.51 bits per heavy atom. The maximum atomic E-state index is 13.4. The highest BCUT2D eigenvalue weighted by atomic mass is 79.9. The van der Waals surface area contributed by atoms with E-state index in [1.54, 1.807) is 42.5 Å². The van der Waals surface area contributed by atoms with Gasteiger partial charge in [0.15, 0.2) is 15.6 Å². The van der Waals surface area contributed by atoms with Crippen LogP contribution in [0, 0.1) is 0 Å². The largest absolute Gasteiger partial charge is 0.465 e. The van der Waals surface area contributed by atoms with E-state index in [2.05, 4.69) is 21.2 Å². The van der Waals surface area contributed by atoms with Crippen LogP contribution in [-0.4, -0.2) is 42.1 Å². The molecule has 230 valence electrons. The fraction of sp³-hybridized carbons (Fsp3) is 0.0625. The van der Waals surface area contributed by atoms with Crippen LogP contribution in [0.4, 0.5) is 5.69 Å². The highest BCUT2D eigenvalue weighted by molar-refractivity contribution is 9.10. The van der Waals surface area contributed by atoms with E-state index >= 15 is 0 Å². The summed E-state index contributed by atoms with van der Waals surface area (Å²) in [6.07, 6.45) is 1.03. The molecule has 5 rings (SSSR count). The number of anilines is 1. The quantitative estimate of drug-likeness (QED) is 0.182. The highest BCUT2D eigenvalue weighted by Crippen LogP contribution is 2.37. The molecule has 0 saturated carbocycles. The number of esters is 1. The molecule has 0 unspecified atom stereocenters. The lowest BCUT2D eigenvalue weighted by molar-refractivity contribution is 0.0598. The van der Waals surface area contributed by atoms with E-state index in [-0.39, 0.29) is 38.1 Å². The van der Waals surface area contributed by atoms with Gasteiger partial charge in [0, 0.05) is 21.9 Å². The van der Waals surface area contributed by atoms with Gasteiger partial charge in [0.2, 0.25) is 10.0 Å². The van der Waals surface area contributed by atoms with Crippen LogP contribution in [0.3, 0.4) is 0 Å². The Morgan fingerprint density at radius 1 is 0.800 bits per heavy atom. The van der Waals surface area contributed by atoms with Gasteiger partial charge < -0.3 is 14.8 Å². The third-order valence-corrected chi connectivity index (χ3v) is 9.38. The van der Waals surface area contributed by atoms with Crippen molar-refractivity contribution in [1.29, 1.82) is 0 Å². The van der Waals surface area contributed by atoms with Crippen molar-refractivity contribution in [2.75, 3.05) is 18.7 Å². The van der Waals surface area contributed by atoms with Crippen molar-refractivity contribution >= 4 is 64.1 Å². The zero-order chi connectivity index (χ0) is 32.5. The van der Waals surface area contributed by atoms with Gasteiger partial charge in [-0.2, -0.15) is 0 Å². The predicted molar refractivity (Wildman–Crippen MR) is 174 cm³/mol. The van der Waals surface area contributed by atoms with Crippen LogP contribution in [0.15, 0.2) is 111 Å². The third-order valence-electron chi connectivity index (χ3n) is 6.81. The minimum Gasteiger partial charge on any atom is -0.465 e. The fourth-order valence-electron chi connectivity index (χ4n) is 4.60. The maximum Gasteiger partial charge on any atom is 0.341 e. The fourth-order valence-corrected chi connectivity index (χ4v) is 6.38. The number of hydrogen-bond donors (Lipinski definition) is 2. The molecule has 0 spiro atoms. The van der Waals surface area contributed by atoms with Crippen molar-refractivity contribution < 1.29 is 35.9 Å². The first-order valence-electron chi connectivity index (χ1n) is 13.1. The minimum atomic E-state index is -3.99. The Balaban J connectivity index is 1.52. The molecule has 0 bridgehead atoms. The number of primary sulfonamides is 1. The number of benzene rings is 5. The predicted octanol–water partition coefficient (Wildman–Crippen LogP) is 6.15. The van der Waals surface area contributed by atoms with Crippen LogP contribution in [0.25, 0.3) is 21.9 Å². The normalized spacial score (nSPS) is 11.6. The van der Waals surface area contributed by atoms with E-state index < -0.39 is 31.7 Å². The first-order chi connectivity index (χ1) is 21.2. The molecule has 0 aliphatic carbocycles. The zero-order valence-electron chi connectivity index (χ0n) is 23.8. The van der Waals surface area contributed by atoms with Crippen LogP contribution in [0.2, 0.25) is 0 Å². The van der Waals surface area contributed by atoms with Gasteiger partial charge in [0.1, 0.15) is 11.3 Å². The monoisotopic (exact) mass is 708 g/mol. The molecule has 10 nitrogen and oxygen atoms in total. The first-order valence-corrected chi connectivity index (χ1v) is 17.3.